The molecule has 0 aromatic heterocycles. The standard InChI is InChI=1S/C26H20O2/c1-27-26-14-18(13-21-9-4-5-11-23(21)26)17-28-25-12-6-10-22-15-19-7-2-3-8-20(19)16-24(22)25/h2-16H,17H2,1H3. The molecule has 0 bridgehead atoms. The van der Waals surface area contributed by atoms with Gasteiger partial charge in [0.15, 0.2) is 0 Å². The Balaban J connectivity index is 1.52. The van der Waals surface area contributed by atoms with Gasteiger partial charge in [-0.3, -0.25) is 0 Å². The summed E-state index contributed by atoms with van der Waals surface area (Å²) in [7, 11) is 1.71. The summed E-state index contributed by atoms with van der Waals surface area (Å²) in [5.74, 6) is 1.77. The molecule has 5 rings (SSSR count). The summed E-state index contributed by atoms with van der Waals surface area (Å²) in [6.07, 6.45) is 0. The van der Waals surface area contributed by atoms with Gasteiger partial charge in [0.2, 0.25) is 0 Å². The van der Waals surface area contributed by atoms with E-state index >= 15 is 0 Å². The molecular formula is C26H20O2. The van der Waals surface area contributed by atoms with Crippen molar-refractivity contribution in [2.24, 2.45) is 0 Å². The summed E-state index contributed by atoms with van der Waals surface area (Å²) in [4.78, 5) is 0. The second kappa shape index (κ2) is 6.90. The van der Waals surface area contributed by atoms with Gasteiger partial charge in [-0.25, -0.2) is 0 Å². The lowest BCUT2D eigenvalue weighted by Gasteiger charge is -2.13. The van der Waals surface area contributed by atoms with Crippen LogP contribution in [-0.2, 0) is 6.61 Å². The minimum absolute atomic E-state index is 0.493. The Morgan fingerprint density at radius 1 is 0.571 bits per heavy atom. The summed E-state index contributed by atoms with van der Waals surface area (Å²) in [6, 6.07) is 31.5. The van der Waals surface area contributed by atoms with Crippen LogP contribution in [0.2, 0.25) is 0 Å². The number of rotatable bonds is 4. The van der Waals surface area contributed by atoms with Crippen LogP contribution in [0.25, 0.3) is 32.3 Å². The zero-order chi connectivity index (χ0) is 18.9. The van der Waals surface area contributed by atoms with Gasteiger partial charge >= 0.3 is 0 Å². The van der Waals surface area contributed by atoms with Crippen molar-refractivity contribution in [3.8, 4) is 11.5 Å². The van der Waals surface area contributed by atoms with Gasteiger partial charge in [-0.1, -0.05) is 60.7 Å². The van der Waals surface area contributed by atoms with Gasteiger partial charge in [-0.15, -0.1) is 0 Å². The Bertz CT molecular complexity index is 1300. The van der Waals surface area contributed by atoms with Gasteiger partial charge in [0.1, 0.15) is 18.1 Å². The molecule has 0 spiro atoms. The molecule has 0 fully saturated rings. The van der Waals surface area contributed by atoms with Crippen molar-refractivity contribution < 1.29 is 9.47 Å². The van der Waals surface area contributed by atoms with E-state index in [-0.39, 0.29) is 0 Å². The fraction of sp³-hybridized carbons (Fsp3) is 0.0769. The maximum Gasteiger partial charge on any atom is 0.127 e. The Morgan fingerprint density at radius 2 is 1.25 bits per heavy atom. The highest BCUT2D eigenvalue weighted by molar-refractivity contribution is 6.00. The number of hydrogen-bond acceptors (Lipinski definition) is 2. The van der Waals surface area contributed by atoms with Crippen LogP contribution < -0.4 is 9.47 Å². The van der Waals surface area contributed by atoms with E-state index in [1.807, 2.05) is 24.3 Å². The molecule has 0 saturated carbocycles. The minimum Gasteiger partial charge on any atom is -0.496 e. The van der Waals surface area contributed by atoms with Gasteiger partial charge in [-0.2, -0.15) is 0 Å². The fourth-order valence-corrected chi connectivity index (χ4v) is 3.81. The van der Waals surface area contributed by atoms with E-state index < -0.39 is 0 Å². The highest BCUT2D eigenvalue weighted by Crippen LogP contribution is 2.32. The predicted molar refractivity (Wildman–Crippen MR) is 116 cm³/mol. The van der Waals surface area contributed by atoms with Crippen molar-refractivity contribution >= 4 is 32.3 Å². The van der Waals surface area contributed by atoms with Crippen LogP contribution in [0.5, 0.6) is 11.5 Å². The van der Waals surface area contributed by atoms with Crippen LogP contribution in [0.3, 0.4) is 0 Å². The monoisotopic (exact) mass is 364 g/mol. The van der Waals surface area contributed by atoms with Gasteiger partial charge < -0.3 is 9.47 Å². The maximum absolute atomic E-state index is 6.25. The van der Waals surface area contributed by atoms with E-state index in [1.54, 1.807) is 7.11 Å². The number of fused-ring (bicyclic) bond motifs is 3. The van der Waals surface area contributed by atoms with Crippen molar-refractivity contribution in [2.75, 3.05) is 7.11 Å². The molecule has 0 amide bonds. The molecule has 5 aromatic carbocycles. The van der Waals surface area contributed by atoms with Crippen LogP contribution in [0.4, 0.5) is 0 Å². The summed E-state index contributed by atoms with van der Waals surface area (Å²) < 4.78 is 11.8. The third-order valence-corrected chi connectivity index (χ3v) is 5.20. The normalized spacial score (nSPS) is 11.2. The first-order chi connectivity index (χ1) is 13.8. The Labute approximate surface area is 163 Å². The summed E-state index contributed by atoms with van der Waals surface area (Å²) in [5.41, 5.74) is 1.09. The van der Waals surface area contributed by atoms with E-state index in [9.17, 15) is 0 Å². The molecule has 0 aliphatic rings. The lowest BCUT2D eigenvalue weighted by molar-refractivity contribution is 0.309. The van der Waals surface area contributed by atoms with E-state index in [0.29, 0.717) is 6.61 Å². The van der Waals surface area contributed by atoms with Crippen LogP contribution in [0.15, 0.2) is 91.0 Å². The second-order valence-corrected chi connectivity index (χ2v) is 6.98. The van der Waals surface area contributed by atoms with Gasteiger partial charge in [0.05, 0.1) is 7.11 Å². The van der Waals surface area contributed by atoms with Crippen molar-refractivity contribution in [3.63, 3.8) is 0 Å². The van der Waals surface area contributed by atoms with Gasteiger partial charge in [0.25, 0.3) is 0 Å². The first-order valence-electron chi connectivity index (χ1n) is 9.42. The van der Waals surface area contributed by atoms with Crippen LogP contribution in [-0.4, -0.2) is 7.11 Å². The fourth-order valence-electron chi connectivity index (χ4n) is 3.81. The molecule has 2 nitrogen and oxygen atoms in total. The van der Waals surface area contributed by atoms with Gasteiger partial charge in [0, 0.05) is 10.8 Å². The molecule has 0 heterocycles. The molecular weight excluding hydrogens is 344 g/mol. The third kappa shape index (κ3) is 2.93. The maximum atomic E-state index is 6.25. The lowest BCUT2D eigenvalue weighted by atomic mass is 10.0. The first kappa shape index (κ1) is 16.6. The lowest BCUT2D eigenvalue weighted by Crippen LogP contribution is -1.97. The minimum atomic E-state index is 0.493. The van der Waals surface area contributed by atoms with Crippen molar-refractivity contribution in [2.45, 2.75) is 6.61 Å². The zero-order valence-electron chi connectivity index (χ0n) is 15.7. The van der Waals surface area contributed by atoms with Crippen LogP contribution in [0.1, 0.15) is 5.56 Å². The van der Waals surface area contributed by atoms with E-state index in [2.05, 4.69) is 66.7 Å². The van der Waals surface area contributed by atoms with Crippen molar-refractivity contribution in [1.29, 1.82) is 0 Å². The Morgan fingerprint density at radius 3 is 2.07 bits per heavy atom. The first-order valence-corrected chi connectivity index (χ1v) is 9.42. The molecule has 0 N–H and O–H groups in total. The third-order valence-electron chi connectivity index (χ3n) is 5.20. The van der Waals surface area contributed by atoms with E-state index in [0.717, 1.165) is 33.2 Å². The summed E-state index contributed by atoms with van der Waals surface area (Å²) in [5, 5.41) is 7.06. The van der Waals surface area contributed by atoms with Crippen LogP contribution in [0, 0.1) is 0 Å². The van der Waals surface area contributed by atoms with Gasteiger partial charge in [-0.05, 0) is 57.4 Å². The molecule has 28 heavy (non-hydrogen) atoms. The number of methoxy groups -OCH3 is 1. The van der Waals surface area contributed by atoms with Crippen molar-refractivity contribution in [1.82, 2.24) is 0 Å². The molecule has 0 unspecified atom stereocenters. The highest BCUT2D eigenvalue weighted by atomic mass is 16.5. The quantitative estimate of drug-likeness (QED) is 0.329. The molecule has 0 atom stereocenters. The Kier molecular flexibility index (Phi) is 4.10. The summed E-state index contributed by atoms with van der Waals surface area (Å²) in [6.45, 7) is 0.493. The van der Waals surface area contributed by atoms with Crippen molar-refractivity contribution in [3.05, 3.63) is 96.6 Å². The van der Waals surface area contributed by atoms with E-state index in [1.165, 1.54) is 16.2 Å². The summed E-state index contributed by atoms with van der Waals surface area (Å²) >= 11 is 0. The highest BCUT2D eigenvalue weighted by Gasteiger charge is 2.07. The topological polar surface area (TPSA) is 18.5 Å². The Hall–Kier alpha value is -3.52. The zero-order valence-corrected chi connectivity index (χ0v) is 15.7. The predicted octanol–water partition coefficient (Wildman–Crippen LogP) is 6.73. The molecule has 0 aliphatic heterocycles. The number of ether oxygens (including phenoxy) is 2. The number of benzene rings is 5. The number of hydrogen-bond donors (Lipinski definition) is 0. The molecule has 136 valence electrons. The SMILES string of the molecule is COc1cc(COc2cccc3cc4ccccc4cc23)cc2ccccc12. The molecule has 0 radical (unpaired) electrons. The average Bonchev–Trinajstić information content (AvgIpc) is 2.75. The molecule has 0 aliphatic carbocycles. The smallest absolute Gasteiger partial charge is 0.127 e. The largest absolute Gasteiger partial charge is 0.496 e. The molecule has 2 heteroatoms. The second-order valence-electron chi connectivity index (χ2n) is 6.98. The van der Waals surface area contributed by atoms with E-state index in [4.69, 9.17) is 9.47 Å². The molecule has 5 aromatic rings. The van der Waals surface area contributed by atoms with Crippen LogP contribution >= 0.6 is 0 Å². The average molecular weight is 364 g/mol. The molecule has 0 saturated heterocycles.